The Bertz CT molecular complexity index is 878. The first kappa shape index (κ1) is 21.3. The highest BCUT2D eigenvalue weighted by Gasteiger charge is 2.55. The van der Waals surface area contributed by atoms with Gasteiger partial charge in [0.2, 0.25) is 23.6 Å². The summed E-state index contributed by atoms with van der Waals surface area (Å²) in [5.41, 5.74) is -0.559. The van der Waals surface area contributed by atoms with Gasteiger partial charge in [-0.05, 0) is 30.5 Å². The molecule has 8 nitrogen and oxygen atoms in total. The average molecular weight is 428 g/mol. The summed E-state index contributed by atoms with van der Waals surface area (Å²) in [6, 6.07) is 7.00. The van der Waals surface area contributed by atoms with E-state index in [1.807, 2.05) is 0 Å². The summed E-state index contributed by atoms with van der Waals surface area (Å²) < 4.78 is 5.24. The van der Waals surface area contributed by atoms with Gasteiger partial charge in [0.15, 0.2) is 0 Å². The Kier molecular flexibility index (Phi) is 5.98. The van der Waals surface area contributed by atoms with Gasteiger partial charge < -0.3 is 15.0 Å². The molecule has 3 fully saturated rings. The lowest BCUT2D eigenvalue weighted by molar-refractivity contribution is -0.144. The van der Waals surface area contributed by atoms with Gasteiger partial charge in [0, 0.05) is 44.9 Å². The van der Waals surface area contributed by atoms with Gasteiger partial charge in [-0.2, -0.15) is 0 Å². The molecular formula is C23H29N3O5. The van der Waals surface area contributed by atoms with E-state index >= 15 is 0 Å². The van der Waals surface area contributed by atoms with Crippen LogP contribution in [0.5, 0.6) is 5.75 Å². The number of carbonyl (C=O) groups excluding carboxylic acids is 4. The summed E-state index contributed by atoms with van der Waals surface area (Å²) in [4.78, 5) is 54.8. The molecule has 1 unspecified atom stereocenters. The molecule has 4 amide bonds. The second-order valence-corrected chi connectivity index (χ2v) is 8.65. The number of ether oxygens (including phenoxy) is 1. The van der Waals surface area contributed by atoms with Crippen LogP contribution in [-0.4, -0.2) is 66.2 Å². The maximum Gasteiger partial charge on any atom is 0.241 e. The highest BCUT2D eigenvalue weighted by molar-refractivity contribution is 6.11. The van der Waals surface area contributed by atoms with Crippen LogP contribution in [0, 0.1) is 0 Å². The molecule has 0 bridgehead atoms. The summed E-state index contributed by atoms with van der Waals surface area (Å²) in [6.45, 7) is 1.11. The normalized spacial score (nSPS) is 25.0. The molecule has 0 spiro atoms. The third kappa shape index (κ3) is 4.03. The zero-order valence-corrected chi connectivity index (χ0v) is 17.9. The van der Waals surface area contributed by atoms with Crippen molar-refractivity contribution in [2.45, 2.75) is 56.4 Å². The van der Waals surface area contributed by atoms with E-state index in [9.17, 15) is 19.2 Å². The fraction of sp³-hybridized carbons (Fsp3) is 0.565. The van der Waals surface area contributed by atoms with Gasteiger partial charge in [0.25, 0.3) is 0 Å². The van der Waals surface area contributed by atoms with Gasteiger partial charge >= 0.3 is 0 Å². The Morgan fingerprint density at radius 3 is 2.52 bits per heavy atom. The van der Waals surface area contributed by atoms with Gasteiger partial charge in [-0.3, -0.25) is 24.1 Å². The lowest BCUT2D eigenvalue weighted by Crippen LogP contribution is -2.46. The van der Waals surface area contributed by atoms with E-state index in [0.717, 1.165) is 25.7 Å². The maximum absolute atomic E-state index is 13.8. The standard InChI is InChI=1S/C23H29N3O5/c1-31-18-8-6-16(7-9-18)23(14-20(28)25-12-10-19(27)24-11-13-25)15-21(29)26(22(23)30)17-4-2-3-5-17/h6-9,17H,2-5,10-15H2,1H3,(H,24,27). The van der Waals surface area contributed by atoms with Gasteiger partial charge in [0.05, 0.1) is 12.5 Å². The van der Waals surface area contributed by atoms with Gasteiger partial charge in [-0.25, -0.2) is 0 Å². The van der Waals surface area contributed by atoms with Crippen molar-refractivity contribution in [3.8, 4) is 5.75 Å². The summed E-state index contributed by atoms with van der Waals surface area (Å²) >= 11 is 0. The van der Waals surface area contributed by atoms with E-state index in [0.29, 0.717) is 30.9 Å². The van der Waals surface area contributed by atoms with Crippen molar-refractivity contribution in [3.05, 3.63) is 29.8 Å². The fourth-order valence-corrected chi connectivity index (χ4v) is 5.06. The average Bonchev–Trinajstić information content (AvgIpc) is 3.30. The highest BCUT2D eigenvalue weighted by atomic mass is 16.5. The molecule has 4 rings (SSSR count). The monoisotopic (exact) mass is 427 g/mol. The van der Waals surface area contributed by atoms with Crippen LogP contribution < -0.4 is 10.1 Å². The van der Waals surface area contributed by atoms with Gasteiger partial charge in [0.1, 0.15) is 5.75 Å². The minimum absolute atomic E-state index is 0.00851. The molecule has 1 aromatic rings. The van der Waals surface area contributed by atoms with E-state index in [2.05, 4.69) is 5.32 Å². The quantitative estimate of drug-likeness (QED) is 0.716. The van der Waals surface area contributed by atoms with E-state index in [4.69, 9.17) is 4.74 Å². The maximum atomic E-state index is 13.8. The van der Waals surface area contributed by atoms with Crippen molar-refractivity contribution >= 4 is 23.6 Å². The summed E-state index contributed by atoms with van der Waals surface area (Å²) in [5, 5.41) is 2.76. The van der Waals surface area contributed by atoms with Crippen molar-refractivity contribution in [2.24, 2.45) is 0 Å². The first-order valence-electron chi connectivity index (χ1n) is 11.0. The van der Waals surface area contributed by atoms with Crippen LogP contribution in [0.2, 0.25) is 0 Å². The van der Waals surface area contributed by atoms with Crippen LogP contribution >= 0.6 is 0 Å². The van der Waals surface area contributed by atoms with Crippen LogP contribution in [-0.2, 0) is 24.6 Å². The highest BCUT2D eigenvalue weighted by Crippen LogP contribution is 2.43. The number of likely N-dealkylation sites (tertiary alicyclic amines) is 1. The number of carbonyl (C=O) groups is 4. The molecule has 2 aliphatic heterocycles. The number of nitrogens with zero attached hydrogens (tertiary/aromatic N) is 2. The molecule has 2 saturated heterocycles. The molecule has 1 aliphatic carbocycles. The van der Waals surface area contributed by atoms with Crippen molar-refractivity contribution < 1.29 is 23.9 Å². The minimum atomic E-state index is -1.22. The molecule has 2 heterocycles. The predicted molar refractivity (Wildman–Crippen MR) is 112 cm³/mol. The van der Waals surface area contributed by atoms with Crippen LogP contribution in [0.1, 0.15) is 50.5 Å². The van der Waals surface area contributed by atoms with Gasteiger partial charge in [-0.15, -0.1) is 0 Å². The first-order valence-corrected chi connectivity index (χ1v) is 11.0. The second-order valence-electron chi connectivity index (χ2n) is 8.65. The largest absolute Gasteiger partial charge is 0.497 e. The molecule has 3 aliphatic rings. The number of rotatable bonds is 5. The number of methoxy groups -OCH3 is 1. The number of amides is 4. The van der Waals surface area contributed by atoms with Crippen LogP contribution in [0.25, 0.3) is 0 Å². The zero-order chi connectivity index (χ0) is 22.0. The van der Waals surface area contributed by atoms with Crippen LogP contribution in [0.4, 0.5) is 0 Å². The molecule has 0 radical (unpaired) electrons. The molecule has 1 atom stereocenters. The van der Waals surface area contributed by atoms with Crippen molar-refractivity contribution in [3.63, 3.8) is 0 Å². The van der Waals surface area contributed by atoms with Crippen LogP contribution in [0.15, 0.2) is 24.3 Å². The topological polar surface area (TPSA) is 96.0 Å². The molecule has 31 heavy (non-hydrogen) atoms. The third-order valence-electron chi connectivity index (χ3n) is 6.80. The number of hydrogen-bond donors (Lipinski definition) is 1. The third-order valence-corrected chi connectivity index (χ3v) is 6.80. The SMILES string of the molecule is COc1ccc(C2(CC(=O)N3CCNC(=O)CC3)CC(=O)N(C3CCCC3)C2=O)cc1. The Hall–Kier alpha value is -2.90. The smallest absolute Gasteiger partial charge is 0.241 e. The Morgan fingerprint density at radius 1 is 1.13 bits per heavy atom. The molecule has 1 N–H and O–H groups in total. The molecular weight excluding hydrogens is 398 g/mol. The molecule has 0 aromatic heterocycles. The molecule has 8 heteroatoms. The fourth-order valence-electron chi connectivity index (χ4n) is 5.06. The number of imide groups is 1. The Balaban J connectivity index is 1.66. The zero-order valence-electron chi connectivity index (χ0n) is 17.9. The molecule has 1 saturated carbocycles. The summed E-state index contributed by atoms with van der Waals surface area (Å²) in [7, 11) is 1.56. The Morgan fingerprint density at radius 2 is 1.84 bits per heavy atom. The lowest BCUT2D eigenvalue weighted by atomic mass is 9.75. The summed E-state index contributed by atoms with van der Waals surface area (Å²) in [5.74, 6) is -0.117. The molecule has 1 aromatic carbocycles. The predicted octanol–water partition coefficient (Wildman–Crippen LogP) is 1.37. The van der Waals surface area contributed by atoms with E-state index < -0.39 is 5.41 Å². The number of benzene rings is 1. The van der Waals surface area contributed by atoms with E-state index in [-0.39, 0.29) is 48.9 Å². The summed E-state index contributed by atoms with van der Waals surface area (Å²) in [6.07, 6.45) is 3.80. The Labute approximate surface area is 181 Å². The van der Waals surface area contributed by atoms with Gasteiger partial charge in [-0.1, -0.05) is 25.0 Å². The van der Waals surface area contributed by atoms with E-state index in [1.54, 1.807) is 36.3 Å². The van der Waals surface area contributed by atoms with Crippen molar-refractivity contribution in [2.75, 3.05) is 26.7 Å². The van der Waals surface area contributed by atoms with E-state index in [1.165, 1.54) is 4.90 Å². The van der Waals surface area contributed by atoms with Crippen molar-refractivity contribution in [1.82, 2.24) is 15.1 Å². The minimum Gasteiger partial charge on any atom is -0.497 e. The number of hydrogen-bond acceptors (Lipinski definition) is 5. The first-order chi connectivity index (χ1) is 14.9. The van der Waals surface area contributed by atoms with Crippen LogP contribution in [0.3, 0.4) is 0 Å². The second kappa shape index (κ2) is 8.69. The van der Waals surface area contributed by atoms with Crippen molar-refractivity contribution in [1.29, 1.82) is 0 Å². The lowest BCUT2D eigenvalue weighted by Gasteiger charge is -2.31. The number of nitrogens with one attached hydrogen (secondary N) is 1. The molecule has 166 valence electrons.